The highest BCUT2D eigenvalue weighted by molar-refractivity contribution is 6.30. The summed E-state index contributed by atoms with van der Waals surface area (Å²) >= 11 is 5.96. The van der Waals surface area contributed by atoms with Gasteiger partial charge in [-0.25, -0.2) is 0 Å². The van der Waals surface area contributed by atoms with E-state index in [4.69, 9.17) is 11.6 Å². The van der Waals surface area contributed by atoms with Crippen molar-refractivity contribution < 1.29 is 4.79 Å². The summed E-state index contributed by atoms with van der Waals surface area (Å²) < 4.78 is 0. The average molecular weight is 381 g/mol. The Morgan fingerprint density at radius 3 is 2.52 bits per heavy atom. The third-order valence-electron chi connectivity index (χ3n) is 5.00. The summed E-state index contributed by atoms with van der Waals surface area (Å²) in [5, 5.41) is 14.3. The zero-order chi connectivity index (χ0) is 18.7. The summed E-state index contributed by atoms with van der Waals surface area (Å²) in [6.07, 6.45) is 0.696. The Labute approximate surface area is 163 Å². The van der Waals surface area contributed by atoms with Crippen LogP contribution in [0, 0.1) is 5.41 Å². The standard InChI is InChI=1S/C21H21ClN4O/c22-17-8-6-15(7-9-17)11-21(13-23-14-21)20(27)24-12-18-10-19(26-25-18)16-4-2-1-3-5-16/h1-10,23H,11-14H2,(H,24,27)(H,25,26). The molecule has 1 aromatic heterocycles. The molecule has 1 amide bonds. The van der Waals surface area contributed by atoms with Crippen LogP contribution in [0.25, 0.3) is 11.3 Å². The van der Waals surface area contributed by atoms with E-state index < -0.39 is 5.41 Å². The van der Waals surface area contributed by atoms with Gasteiger partial charge in [0.2, 0.25) is 5.91 Å². The van der Waals surface area contributed by atoms with E-state index in [-0.39, 0.29) is 5.91 Å². The Balaban J connectivity index is 1.39. The zero-order valence-electron chi connectivity index (χ0n) is 14.8. The molecule has 0 spiro atoms. The molecule has 5 nitrogen and oxygen atoms in total. The first-order valence-electron chi connectivity index (χ1n) is 8.98. The van der Waals surface area contributed by atoms with E-state index in [1.807, 2.05) is 60.7 Å². The molecule has 6 heteroatoms. The van der Waals surface area contributed by atoms with Crippen molar-refractivity contribution in [1.29, 1.82) is 0 Å². The van der Waals surface area contributed by atoms with Crippen LogP contribution in [0.2, 0.25) is 5.02 Å². The molecule has 2 aromatic carbocycles. The van der Waals surface area contributed by atoms with Gasteiger partial charge >= 0.3 is 0 Å². The summed E-state index contributed by atoms with van der Waals surface area (Å²) in [6, 6.07) is 19.6. The van der Waals surface area contributed by atoms with Gasteiger partial charge < -0.3 is 10.6 Å². The number of hydrogen-bond donors (Lipinski definition) is 3. The van der Waals surface area contributed by atoms with Crippen LogP contribution in [0.5, 0.6) is 0 Å². The Morgan fingerprint density at radius 2 is 1.85 bits per heavy atom. The van der Waals surface area contributed by atoms with Gasteiger partial charge in [-0.2, -0.15) is 5.10 Å². The van der Waals surface area contributed by atoms with Gasteiger partial charge in [0.15, 0.2) is 0 Å². The van der Waals surface area contributed by atoms with Gasteiger partial charge in [0, 0.05) is 23.7 Å². The monoisotopic (exact) mass is 380 g/mol. The lowest BCUT2D eigenvalue weighted by Crippen LogP contribution is -2.62. The normalized spacial score (nSPS) is 15.1. The van der Waals surface area contributed by atoms with Gasteiger partial charge in [0.05, 0.1) is 23.3 Å². The number of nitrogens with zero attached hydrogens (tertiary/aromatic N) is 1. The summed E-state index contributed by atoms with van der Waals surface area (Å²) in [6.45, 7) is 1.79. The third-order valence-corrected chi connectivity index (χ3v) is 5.26. The smallest absolute Gasteiger partial charge is 0.229 e. The number of rotatable bonds is 6. The van der Waals surface area contributed by atoms with E-state index in [9.17, 15) is 4.79 Å². The fraction of sp³-hybridized carbons (Fsp3) is 0.238. The predicted molar refractivity (Wildman–Crippen MR) is 106 cm³/mol. The fourth-order valence-corrected chi connectivity index (χ4v) is 3.48. The summed E-state index contributed by atoms with van der Waals surface area (Å²) in [5.74, 6) is 0.0621. The van der Waals surface area contributed by atoms with Crippen molar-refractivity contribution in [2.24, 2.45) is 5.41 Å². The topological polar surface area (TPSA) is 69.8 Å². The molecule has 0 unspecified atom stereocenters. The van der Waals surface area contributed by atoms with Crippen LogP contribution in [0.3, 0.4) is 0 Å². The molecule has 3 aromatic rings. The quantitative estimate of drug-likeness (QED) is 0.615. The molecule has 1 fully saturated rings. The third kappa shape index (κ3) is 3.89. The van der Waals surface area contributed by atoms with Crippen LogP contribution in [-0.4, -0.2) is 29.2 Å². The lowest BCUT2D eigenvalue weighted by molar-refractivity contribution is -0.134. The van der Waals surface area contributed by atoms with Crippen molar-refractivity contribution in [3.63, 3.8) is 0 Å². The minimum atomic E-state index is -0.407. The number of carbonyl (C=O) groups excluding carboxylic acids is 1. The molecule has 0 atom stereocenters. The maximum atomic E-state index is 12.9. The van der Waals surface area contributed by atoms with Crippen LogP contribution in [-0.2, 0) is 17.8 Å². The lowest BCUT2D eigenvalue weighted by Gasteiger charge is -2.41. The van der Waals surface area contributed by atoms with Crippen molar-refractivity contribution in [3.05, 3.63) is 76.9 Å². The van der Waals surface area contributed by atoms with E-state index in [0.717, 1.165) is 22.5 Å². The largest absolute Gasteiger partial charge is 0.350 e. The first-order chi connectivity index (χ1) is 13.1. The minimum absolute atomic E-state index is 0.0621. The maximum absolute atomic E-state index is 12.9. The van der Waals surface area contributed by atoms with E-state index >= 15 is 0 Å². The molecule has 4 rings (SSSR count). The SMILES string of the molecule is O=C(NCc1cc(-c2ccccc2)n[nH]1)C1(Cc2ccc(Cl)cc2)CNC1. The Hall–Kier alpha value is -2.63. The van der Waals surface area contributed by atoms with Crippen LogP contribution < -0.4 is 10.6 Å². The van der Waals surface area contributed by atoms with Crippen LogP contribution in [0.15, 0.2) is 60.7 Å². The molecule has 0 saturated carbocycles. The molecular weight excluding hydrogens is 360 g/mol. The van der Waals surface area contributed by atoms with Gasteiger partial charge in [0.1, 0.15) is 0 Å². The van der Waals surface area contributed by atoms with Crippen molar-refractivity contribution in [1.82, 2.24) is 20.8 Å². The molecule has 1 saturated heterocycles. The van der Waals surface area contributed by atoms with Gasteiger partial charge in [-0.3, -0.25) is 9.89 Å². The number of amides is 1. The summed E-state index contributed by atoms with van der Waals surface area (Å²) in [5.41, 5.74) is 3.52. The maximum Gasteiger partial charge on any atom is 0.229 e. The molecule has 1 aliphatic rings. The van der Waals surface area contributed by atoms with Crippen molar-refractivity contribution in [2.75, 3.05) is 13.1 Å². The van der Waals surface area contributed by atoms with Gasteiger partial charge in [0.25, 0.3) is 0 Å². The number of aromatic amines is 1. The molecule has 3 N–H and O–H groups in total. The number of hydrogen-bond acceptors (Lipinski definition) is 3. The van der Waals surface area contributed by atoms with Crippen molar-refractivity contribution in [3.8, 4) is 11.3 Å². The Kier molecular flexibility index (Phi) is 4.97. The molecule has 0 aliphatic carbocycles. The highest BCUT2D eigenvalue weighted by atomic mass is 35.5. The van der Waals surface area contributed by atoms with E-state index in [1.165, 1.54) is 0 Å². The van der Waals surface area contributed by atoms with Crippen LogP contribution in [0.1, 0.15) is 11.3 Å². The van der Waals surface area contributed by atoms with E-state index in [1.54, 1.807) is 0 Å². The van der Waals surface area contributed by atoms with E-state index in [0.29, 0.717) is 31.1 Å². The first kappa shape index (κ1) is 17.8. The Bertz CT molecular complexity index is 917. The predicted octanol–water partition coefficient (Wildman–Crippen LogP) is 3.18. The van der Waals surface area contributed by atoms with E-state index in [2.05, 4.69) is 20.8 Å². The number of aromatic nitrogens is 2. The van der Waals surface area contributed by atoms with Gasteiger partial charge in [-0.15, -0.1) is 0 Å². The van der Waals surface area contributed by atoms with Crippen molar-refractivity contribution >= 4 is 17.5 Å². The number of nitrogens with one attached hydrogen (secondary N) is 3. The highest BCUT2D eigenvalue weighted by Crippen LogP contribution is 2.29. The molecule has 138 valence electrons. The molecule has 2 heterocycles. The summed E-state index contributed by atoms with van der Waals surface area (Å²) in [7, 11) is 0. The lowest BCUT2D eigenvalue weighted by atomic mass is 9.75. The number of H-pyrrole nitrogens is 1. The highest BCUT2D eigenvalue weighted by Gasteiger charge is 2.44. The number of benzene rings is 2. The Morgan fingerprint density at radius 1 is 1.11 bits per heavy atom. The van der Waals surface area contributed by atoms with Gasteiger partial charge in [-0.1, -0.05) is 54.1 Å². The number of carbonyl (C=O) groups is 1. The molecule has 0 bridgehead atoms. The molecular formula is C21H21ClN4O. The minimum Gasteiger partial charge on any atom is -0.350 e. The average Bonchev–Trinajstić information content (AvgIpc) is 3.14. The van der Waals surface area contributed by atoms with Crippen LogP contribution >= 0.6 is 11.6 Å². The van der Waals surface area contributed by atoms with Gasteiger partial charge in [-0.05, 0) is 30.2 Å². The second-order valence-corrected chi connectivity index (χ2v) is 7.45. The number of halogens is 1. The zero-order valence-corrected chi connectivity index (χ0v) is 15.6. The molecule has 27 heavy (non-hydrogen) atoms. The van der Waals surface area contributed by atoms with Crippen molar-refractivity contribution in [2.45, 2.75) is 13.0 Å². The first-order valence-corrected chi connectivity index (χ1v) is 9.36. The van der Waals surface area contributed by atoms with Crippen LogP contribution in [0.4, 0.5) is 0 Å². The molecule has 1 aliphatic heterocycles. The summed E-state index contributed by atoms with van der Waals surface area (Å²) in [4.78, 5) is 12.9. The second kappa shape index (κ2) is 7.55. The molecule has 0 radical (unpaired) electrons. The second-order valence-electron chi connectivity index (χ2n) is 7.01. The fourth-order valence-electron chi connectivity index (χ4n) is 3.36.